The third kappa shape index (κ3) is 4.82. The van der Waals surface area contributed by atoms with Crippen LogP contribution in [-0.2, 0) is 9.59 Å². The number of nitrogens with one attached hydrogen (secondary N) is 1. The number of amides is 1. The van der Waals surface area contributed by atoms with Gasteiger partial charge in [-0.25, -0.2) is 4.79 Å². The summed E-state index contributed by atoms with van der Waals surface area (Å²) in [7, 11) is 0. The number of aliphatic hydroxyl groups excluding tert-OH is 1. The molecule has 1 aliphatic heterocycles. The minimum absolute atomic E-state index is 0.0690. The number of carbonyl (C=O) groups excluding carboxylic acids is 1. The lowest BCUT2D eigenvalue weighted by molar-refractivity contribution is -0.145. The highest BCUT2D eigenvalue weighted by atomic mass is 16.4. The molecule has 22 heavy (non-hydrogen) atoms. The predicted molar refractivity (Wildman–Crippen MR) is 77.6 cm³/mol. The van der Waals surface area contributed by atoms with E-state index in [1.165, 1.54) is 6.92 Å². The van der Waals surface area contributed by atoms with Gasteiger partial charge in [0.25, 0.3) is 0 Å². The number of nitriles is 1. The molecule has 1 saturated heterocycles. The van der Waals surface area contributed by atoms with Crippen LogP contribution in [0, 0.1) is 17.2 Å². The summed E-state index contributed by atoms with van der Waals surface area (Å²) >= 11 is 0. The number of aliphatic carboxylic acids is 1. The highest BCUT2D eigenvalue weighted by Crippen LogP contribution is 2.30. The Morgan fingerprint density at radius 1 is 1.50 bits per heavy atom. The van der Waals surface area contributed by atoms with Gasteiger partial charge in [0.15, 0.2) is 0 Å². The van der Waals surface area contributed by atoms with E-state index in [1.54, 1.807) is 12.4 Å². The van der Waals surface area contributed by atoms with E-state index in [1.807, 2.05) is 25.1 Å². The number of piperidine rings is 1. The lowest BCUT2D eigenvalue weighted by Crippen LogP contribution is -2.46. The molecule has 2 heterocycles. The van der Waals surface area contributed by atoms with Crippen molar-refractivity contribution < 1.29 is 19.8 Å². The Kier molecular flexibility index (Phi) is 6.47. The molecule has 4 atom stereocenters. The van der Waals surface area contributed by atoms with Crippen molar-refractivity contribution in [3.8, 4) is 6.07 Å². The van der Waals surface area contributed by atoms with E-state index >= 15 is 0 Å². The Balaban J connectivity index is 0.000000346. The molecule has 0 bridgehead atoms. The molecule has 1 aromatic rings. The molecule has 0 saturated carbocycles. The van der Waals surface area contributed by atoms with Crippen LogP contribution in [0.25, 0.3) is 0 Å². The number of hydrogen-bond donors (Lipinski definition) is 3. The van der Waals surface area contributed by atoms with Crippen LogP contribution >= 0.6 is 0 Å². The Morgan fingerprint density at radius 3 is 2.50 bits per heavy atom. The standard InChI is InChI=1S/C12H13N3O.C3H6O3/c1-8-11(9-2-4-14-5-3-9)6-10(7-13)12(16)15-8;1-2(4)3(5)6/h2-5,8,10-11H,6H2,1H3,(H,15,16);2,4H,1H3,(H,5,6). The zero-order valence-electron chi connectivity index (χ0n) is 12.4. The van der Waals surface area contributed by atoms with Crippen LogP contribution in [0.4, 0.5) is 0 Å². The molecule has 1 aliphatic rings. The van der Waals surface area contributed by atoms with Gasteiger partial charge < -0.3 is 15.5 Å². The molecule has 7 nitrogen and oxygen atoms in total. The van der Waals surface area contributed by atoms with Crippen molar-refractivity contribution in [1.29, 1.82) is 5.26 Å². The SMILES string of the molecule is CC(O)C(=O)O.CC1NC(=O)C(C#N)CC1c1ccncc1. The first-order chi connectivity index (χ1) is 10.4. The maximum absolute atomic E-state index is 11.5. The Hall–Kier alpha value is -2.46. The summed E-state index contributed by atoms with van der Waals surface area (Å²) in [5.74, 6) is -1.67. The molecule has 0 aliphatic carbocycles. The number of hydrogen-bond acceptors (Lipinski definition) is 5. The molecule has 118 valence electrons. The molecule has 4 unspecified atom stereocenters. The average molecular weight is 305 g/mol. The van der Waals surface area contributed by atoms with Gasteiger partial charge in [0.1, 0.15) is 12.0 Å². The lowest BCUT2D eigenvalue weighted by Gasteiger charge is -2.32. The molecule has 1 amide bonds. The monoisotopic (exact) mass is 305 g/mol. The molecule has 0 spiro atoms. The van der Waals surface area contributed by atoms with Gasteiger partial charge in [0, 0.05) is 24.4 Å². The molecule has 0 aromatic carbocycles. The number of carboxylic acids is 1. The summed E-state index contributed by atoms with van der Waals surface area (Å²) < 4.78 is 0. The number of rotatable bonds is 2. The zero-order chi connectivity index (χ0) is 16.7. The zero-order valence-corrected chi connectivity index (χ0v) is 12.4. The van der Waals surface area contributed by atoms with E-state index < -0.39 is 18.0 Å². The fourth-order valence-electron chi connectivity index (χ4n) is 2.14. The average Bonchev–Trinajstić information content (AvgIpc) is 2.49. The summed E-state index contributed by atoms with van der Waals surface area (Å²) in [6, 6.07) is 5.99. The van der Waals surface area contributed by atoms with E-state index in [0.717, 1.165) is 5.56 Å². The van der Waals surface area contributed by atoms with Crippen LogP contribution in [-0.4, -0.2) is 39.2 Å². The van der Waals surface area contributed by atoms with Crippen LogP contribution < -0.4 is 5.32 Å². The van der Waals surface area contributed by atoms with E-state index in [-0.39, 0.29) is 17.9 Å². The Bertz CT molecular complexity index is 554. The summed E-state index contributed by atoms with van der Waals surface area (Å²) in [6.07, 6.45) is 2.83. The smallest absolute Gasteiger partial charge is 0.332 e. The number of aromatic nitrogens is 1. The minimum Gasteiger partial charge on any atom is -0.479 e. The van der Waals surface area contributed by atoms with Crippen LogP contribution in [0.1, 0.15) is 31.7 Å². The number of carbonyl (C=O) groups is 2. The van der Waals surface area contributed by atoms with Crippen molar-refractivity contribution in [3.05, 3.63) is 30.1 Å². The van der Waals surface area contributed by atoms with Crippen molar-refractivity contribution >= 4 is 11.9 Å². The van der Waals surface area contributed by atoms with E-state index in [0.29, 0.717) is 6.42 Å². The van der Waals surface area contributed by atoms with Crippen molar-refractivity contribution in [1.82, 2.24) is 10.3 Å². The third-order valence-corrected chi connectivity index (χ3v) is 3.43. The lowest BCUT2D eigenvalue weighted by atomic mass is 9.81. The van der Waals surface area contributed by atoms with E-state index in [9.17, 15) is 9.59 Å². The second-order valence-electron chi connectivity index (χ2n) is 5.12. The van der Waals surface area contributed by atoms with Gasteiger partial charge in [0.2, 0.25) is 5.91 Å². The van der Waals surface area contributed by atoms with E-state index in [2.05, 4.69) is 10.3 Å². The van der Waals surface area contributed by atoms with Crippen LogP contribution in [0.3, 0.4) is 0 Å². The van der Waals surface area contributed by atoms with Crippen LogP contribution in [0.15, 0.2) is 24.5 Å². The van der Waals surface area contributed by atoms with Crippen LogP contribution in [0.5, 0.6) is 0 Å². The van der Waals surface area contributed by atoms with Crippen molar-refractivity contribution in [2.45, 2.75) is 38.3 Å². The highest BCUT2D eigenvalue weighted by molar-refractivity contribution is 5.82. The van der Waals surface area contributed by atoms with E-state index in [4.69, 9.17) is 15.5 Å². The summed E-state index contributed by atoms with van der Waals surface area (Å²) in [4.78, 5) is 24.9. The molecular formula is C15H19N3O4. The number of pyridine rings is 1. The molecule has 0 radical (unpaired) electrons. The fraction of sp³-hybridized carbons (Fsp3) is 0.467. The molecule has 1 aromatic heterocycles. The first-order valence-electron chi connectivity index (χ1n) is 6.87. The van der Waals surface area contributed by atoms with Gasteiger partial charge in [-0.3, -0.25) is 9.78 Å². The number of nitrogens with zero attached hydrogens (tertiary/aromatic N) is 2. The van der Waals surface area contributed by atoms with Crippen molar-refractivity contribution in [3.63, 3.8) is 0 Å². The fourth-order valence-corrected chi connectivity index (χ4v) is 2.14. The summed E-state index contributed by atoms with van der Waals surface area (Å²) in [5, 5.41) is 27.5. The van der Waals surface area contributed by atoms with Gasteiger partial charge in [0.05, 0.1) is 6.07 Å². The van der Waals surface area contributed by atoms with Gasteiger partial charge >= 0.3 is 5.97 Å². The highest BCUT2D eigenvalue weighted by Gasteiger charge is 2.33. The maximum Gasteiger partial charge on any atom is 0.332 e. The Morgan fingerprint density at radius 2 is 2.05 bits per heavy atom. The Labute approximate surface area is 128 Å². The largest absolute Gasteiger partial charge is 0.479 e. The van der Waals surface area contributed by atoms with Gasteiger partial charge in [-0.1, -0.05) is 0 Å². The molecule has 2 rings (SSSR count). The third-order valence-electron chi connectivity index (χ3n) is 3.43. The molecule has 7 heteroatoms. The first-order valence-corrected chi connectivity index (χ1v) is 6.87. The van der Waals surface area contributed by atoms with Crippen molar-refractivity contribution in [2.24, 2.45) is 5.92 Å². The topological polar surface area (TPSA) is 123 Å². The maximum atomic E-state index is 11.5. The predicted octanol–water partition coefficient (Wildman–Crippen LogP) is 0.665. The normalized spacial score (nSPS) is 25.0. The summed E-state index contributed by atoms with van der Waals surface area (Å²) in [5.41, 5.74) is 1.13. The molecule has 3 N–H and O–H groups in total. The van der Waals surface area contributed by atoms with Gasteiger partial charge in [-0.2, -0.15) is 5.26 Å². The van der Waals surface area contributed by atoms with Gasteiger partial charge in [-0.05, 0) is 38.0 Å². The van der Waals surface area contributed by atoms with Gasteiger partial charge in [-0.15, -0.1) is 0 Å². The number of aliphatic hydroxyl groups is 1. The molecular weight excluding hydrogens is 286 g/mol. The molecule has 1 fully saturated rings. The number of carboxylic acid groups (broad SMARTS) is 1. The van der Waals surface area contributed by atoms with Crippen molar-refractivity contribution in [2.75, 3.05) is 0 Å². The second kappa shape index (κ2) is 8.10. The first kappa shape index (κ1) is 17.6. The quantitative estimate of drug-likeness (QED) is 0.737. The summed E-state index contributed by atoms with van der Waals surface area (Å²) in [6.45, 7) is 3.17. The minimum atomic E-state index is -1.23. The second-order valence-corrected chi connectivity index (χ2v) is 5.12. The van der Waals surface area contributed by atoms with Crippen LogP contribution in [0.2, 0.25) is 0 Å².